The quantitative estimate of drug-likeness (QED) is 0.826. The van der Waals surface area contributed by atoms with Crippen LogP contribution in [0.5, 0.6) is 0 Å². The Morgan fingerprint density at radius 1 is 1.17 bits per heavy atom. The van der Waals surface area contributed by atoms with E-state index in [0.29, 0.717) is 0 Å². The molecule has 2 heterocycles. The van der Waals surface area contributed by atoms with E-state index in [0.717, 1.165) is 25.1 Å². The summed E-state index contributed by atoms with van der Waals surface area (Å²) in [6, 6.07) is 12.5. The van der Waals surface area contributed by atoms with Crippen LogP contribution in [0.25, 0.3) is 0 Å². The van der Waals surface area contributed by atoms with Crippen molar-refractivity contribution in [3.8, 4) is 0 Å². The van der Waals surface area contributed by atoms with E-state index in [2.05, 4.69) is 35.4 Å². The average molecular weight is 242 g/mol. The summed E-state index contributed by atoms with van der Waals surface area (Å²) in [5.41, 5.74) is 2.41. The summed E-state index contributed by atoms with van der Waals surface area (Å²) in [6.45, 7) is 0.860. The Hall–Kier alpha value is -1.61. The molecule has 3 rings (SSSR count). The van der Waals surface area contributed by atoms with Crippen molar-refractivity contribution in [2.45, 2.75) is 31.9 Å². The van der Waals surface area contributed by atoms with E-state index in [-0.39, 0.29) is 6.23 Å². The van der Waals surface area contributed by atoms with Crippen molar-refractivity contribution in [3.63, 3.8) is 0 Å². The Morgan fingerprint density at radius 3 is 2.83 bits per heavy atom. The van der Waals surface area contributed by atoms with E-state index in [1.54, 1.807) is 0 Å². The van der Waals surface area contributed by atoms with E-state index < -0.39 is 0 Å². The highest BCUT2D eigenvalue weighted by molar-refractivity contribution is 5.20. The molecule has 0 radical (unpaired) electrons. The normalized spacial score (nSPS) is 19.9. The van der Waals surface area contributed by atoms with Crippen LogP contribution in [0.4, 0.5) is 0 Å². The zero-order valence-corrected chi connectivity index (χ0v) is 10.5. The predicted octanol–water partition coefficient (Wildman–Crippen LogP) is 3.17. The minimum absolute atomic E-state index is 0.142. The number of nitrogens with zero attached hydrogens (tertiary/aromatic N) is 2. The minimum atomic E-state index is 0.142. The van der Waals surface area contributed by atoms with Crippen molar-refractivity contribution in [2.75, 3.05) is 6.61 Å². The molecule has 1 unspecified atom stereocenters. The Labute approximate surface area is 107 Å². The molecule has 0 aliphatic carbocycles. The van der Waals surface area contributed by atoms with Crippen molar-refractivity contribution in [1.82, 2.24) is 9.78 Å². The second-order valence-corrected chi connectivity index (χ2v) is 4.77. The number of hydrogen-bond donors (Lipinski definition) is 0. The van der Waals surface area contributed by atoms with Gasteiger partial charge in [0.2, 0.25) is 0 Å². The van der Waals surface area contributed by atoms with Gasteiger partial charge in [-0.1, -0.05) is 30.3 Å². The molecule has 18 heavy (non-hydrogen) atoms. The fourth-order valence-corrected chi connectivity index (χ4v) is 2.37. The van der Waals surface area contributed by atoms with Gasteiger partial charge in [0.05, 0.1) is 5.69 Å². The molecule has 1 saturated heterocycles. The van der Waals surface area contributed by atoms with Gasteiger partial charge in [0, 0.05) is 19.2 Å². The lowest BCUT2D eigenvalue weighted by atomic mass is 10.1. The molecule has 3 nitrogen and oxygen atoms in total. The van der Waals surface area contributed by atoms with Crippen molar-refractivity contribution >= 4 is 0 Å². The summed E-state index contributed by atoms with van der Waals surface area (Å²) in [5.74, 6) is 0. The molecule has 0 N–H and O–H groups in total. The third-order valence-corrected chi connectivity index (χ3v) is 3.34. The highest BCUT2D eigenvalue weighted by Gasteiger charge is 2.16. The molecule has 1 aromatic heterocycles. The van der Waals surface area contributed by atoms with E-state index >= 15 is 0 Å². The molecular weight excluding hydrogens is 224 g/mol. The van der Waals surface area contributed by atoms with Gasteiger partial charge in [0.1, 0.15) is 6.23 Å². The Kier molecular flexibility index (Phi) is 3.42. The second-order valence-electron chi connectivity index (χ2n) is 4.77. The zero-order chi connectivity index (χ0) is 12.2. The van der Waals surface area contributed by atoms with Crippen molar-refractivity contribution < 1.29 is 4.74 Å². The van der Waals surface area contributed by atoms with Gasteiger partial charge >= 0.3 is 0 Å². The summed E-state index contributed by atoms with van der Waals surface area (Å²) in [5, 5.41) is 4.62. The van der Waals surface area contributed by atoms with Crippen molar-refractivity contribution in [3.05, 3.63) is 53.9 Å². The SMILES string of the molecule is c1ccc(Cc2ccn(C3CCCCO3)n2)cc1. The van der Waals surface area contributed by atoms with Crippen LogP contribution in [0, 0.1) is 0 Å². The maximum Gasteiger partial charge on any atom is 0.150 e. The molecule has 0 bridgehead atoms. The van der Waals surface area contributed by atoms with Gasteiger partial charge in [-0.15, -0.1) is 0 Å². The number of hydrogen-bond acceptors (Lipinski definition) is 2. The smallest absolute Gasteiger partial charge is 0.150 e. The highest BCUT2D eigenvalue weighted by Crippen LogP contribution is 2.22. The van der Waals surface area contributed by atoms with Gasteiger partial charge in [-0.3, -0.25) is 0 Å². The first-order chi connectivity index (χ1) is 8.92. The molecule has 0 saturated carbocycles. The first-order valence-electron chi connectivity index (χ1n) is 6.61. The molecular formula is C15H18N2O. The topological polar surface area (TPSA) is 27.1 Å². The number of benzene rings is 1. The van der Waals surface area contributed by atoms with Crippen LogP contribution < -0.4 is 0 Å². The molecule has 1 atom stereocenters. The second kappa shape index (κ2) is 5.36. The van der Waals surface area contributed by atoms with Gasteiger partial charge in [0.25, 0.3) is 0 Å². The van der Waals surface area contributed by atoms with Crippen LogP contribution in [0.1, 0.15) is 36.7 Å². The lowest BCUT2D eigenvalue weighted by molar-refractivity contribution is -0.0396. The van der Waals surface area contributed by atoms with Crippen LogP contribution in [0.2, 0.25) is 0 Å². The van der Waals surface area contributed by atoms with Crippen LogP contribution >= 0.6 is 0 Å². The van der Waals surface area contributed by atoms with Gasteiger partial charge in [-0.25, -0.2) is 4.68 Å². The number of rotatable bonds is 3. The molecule has 1 aromatic carbocycles. The highest BCUT2D eigenvalue weighted by atomic mass is 16.5. The largest absolute Gasteiger partial charge is 0.357 e. The van der Waals surface area contributed by atoms with Crippen LogP contribution in [0.3, 0.4) is 0 Å². The summed E-state index contributed by atoms with van der Waals surface area (Å²) in [7, 11) is 0. The summed E-state index contributed by atoms with van der Waals surface area (Å²) in [4.78, 5) is 0. The fraction of sp³-hybridized carbons (Fsp3) is 0.400. The molecule has 0 spiro atoms. The molecule has 1 aliphatic heterocycles. The summed E-state index contributed by atoms with van der Waals surface area (Å²) < 4.78 is 7.70. The van der Waals surface area contributed by atoms with E-state index in [4.69, 9.17) is 4.74 Å². The van der Waals surface area contributed by atoms with Gasteiger partial charge < -0.3 is 4.74 Å². The maximum absolute atomic E-state index is 5.73. The van der Waals surface area contributed by atoms with Gasteiger partial charge in [-0.05, 0) is 30.9 Å². The zero-order valence-electron chi connectivity index (χ0n) is 10.5. The molecule has 2 aromatic rings. The van der Waals surface area contributed by atoms with E-state index in [9.17, 15) is 0 Å². The van der Waals surface area contributed by atoms with Gasteiger partial charge in [0.15, 0.2) is 0 Å². The monoisotopic (exact) mass is 242 g/mol. The van der Waals surface area contributed by atoms with Crippen LogP contribution in [-0.2, 0) is 11.2 Å². The lowest BCUT2D eigenvalue weighted by Gasteiger charge is -2.22. The Morgan fingerprint density at radius 2 is 2.06 bits per heavy atom. The summed E-state index contributed by atoms with van der Waals surface area (Å²) in [6.07, 6.45) is 6.55. The minimum Gasteiger partial charge on any atom is -0.357 e. The maximum atomic E-state index is 5.73. The standard InChI is InChI=1S/C15H18N2O/c1-2-6-13(7-3-1)12-14-9-10-17(16-14)15-8-4-5-11-18-15/h1-3,6-7,9-10,15H,4-5,8,11-12H2. The number of aromatic nitrogens is 2. The van der Waals surface area contributed by atoms with Crippen LogP contribution in [-0.4, -0.2) is 16.4 Å². The molecule has 3 heteroatoms. The summed E-state index contributed by atoms with van der Waals surface area (Å²) >= 11 is 0. The first kappa shape index (κ1) is 11.5. The predicted molar refractivity (Wildman–Crippen MR) is 70.3 cm³/mol. The molecule has 1 aliphatic rings. The fourth-order valence-electron chi connectivity index (χ4n) is 2.37. The molecule has 0 amide bonds. The van der Waals surface area contributed by atoms with E-state index in [1.807, 2.05) is 16.9 Å². The Balaban J connectivity index is 1.69. The third-order valence-electron chi connectivity index (χ3n) is 3.34. The van der Waals surface area contributed by atoms with Crippen molar-refractivity contribution in [2.24, 2.45) is 0 Å². The van der Waals surface area contributed by atoms with Crippen molar-refractivity contribution in [1.29, 1.82) is 0 Å². The Bertz CT molecular complexity index is 486. The third kappa shape index (κ3) is 2.62. The van der Waals surface area contributed by atoms with E-state index in [1.165, 1.54) is 18.4 Å². The van der Waals surface area contributed by atoms with Gasteiger partial charge in [-0.2, -0.15) is 5.10 Å². The molecule has 94 valence electrons. The first-order valence-corrected chi connectivity index (χ1v) is 6.61. The molecule has 1 fully saturated rings. The lowest BCUT2D eigenvalue weighted by Crippen LogP contribution is -2.18. The van der Waals surface area contributed by atoms with Crippen LogP contribution in [0.15, 0.2) is 42.6 Å². The average Bonchev–Trinajstić information content (AvgIpc) is 2.89. The number of ether oxygens (including phenoxy) is 1.